The van der Waals surface area contributed by atoms with Crippen LogP contribution in [0, 0.1) is 0 Å². The van der Waals surface area contributed by atoms with Crippen LogP contribution >= 0.6 is 0 Å². The number of anilines is 1. The predicted molar refractivity (Wildman–Crippen MR) is 37.2 cm³/mol. The fraction of sp³-hybridized carbons (Fsp3) is 0.429. The van der Waals surface area contributed by atoms with Crippen LogP contribution in [0.5, 0.6) is 0 Å². The van der Waals surface area contributed by atoms with E-state index in [9.17, 15) is 0 Å². The number of H-pyrrole nitrogens is 1. The van der Waals surface area contributed by atoms with Crippen molar-refractivity contribution in [2.24, 2.45) is 0 Å². The molecule has 48 valence electrons. The molecule has 0 bridgehead atoms. The molecule has 0 aliphatic heterocycles. The smallest absolute Gasteiger partial charge is 0.0527 e. The molecule has 1 aliphatic carbocycles. The van der Waals surface area contributed by atoms with E-state index in [-0.39, 0.29) is 0 Å². The maximum Gasteiger partial charge on any atom is 0.0527 e. The number of nitrogens with one attached hydrogen (secondary N) is 1. The largest absolute Gasteiger partial charge is 0.397 e. The first-order valence-electron chi connectivity index (χ1n) is 3.30. The molecular weight excluding hydrogens is 112 g/mol. The van der Waals surface area contributed by atoms with E-state index in [0.29, 0.717) is 0 Å². The zero-order valence-electron chi connectivity index (χ0n) is 5.22. The van der Waals surface area contributed by atoms with E-state index in [1.807, 2.05) is 12.3 Å². The van der Waals surface area contributed by atoms with E-state index in [1.165, 1.54) is 18.5 Å². The summed E-state index contributed by atoms with van der Waals surface area (Å²) in [5, 5.41) is 0. The van der Waals surface area contributed by atoms with Gasteiger partial charge in [0.15, 0.2) is 0 Å². The van der Waals surface area contributed by atoms with Gasteiger partial charge in [-0.3, -0.25) is 0 Å². The molecule has 0 saturated heterocycles. The van der Waals surface area contributed by atoms with Crippen molar-refractivity contribution < 1.29 is 0 Å². The summed E-state index contributed by atoms with van der Waals surface area (Å²) in [6, 6.07) is 1.92. The second kappa shape index (κ2) is 1.53. The van der Waals surface area contributed by atoms with Crippen molar-refractivity contribution in [2.75, 3.05) is 5.73 Å². The summed E-state index contributed by atoms with van der Waals surface area (Å²) in [6.07, 6.45) is 4.53. The number of hydrogen-bond acceptors (Lipinski definition) is 1. The van der Waals surface area contributed by atoms with Crippen molar-refractivity contribution in [1.29, 1.82) is 0 Å². The monoisotopic (exact) mass is 122 g/mol. The second-order valence-corrected chi connectivity index (χ2v) is 2.62. The summed E-state index contributed by atoms with van der Waals surface area (Å²) in [6.45, 7) is 0. The van der Waals surface area contributed by atoms with Crippen LogP contribution in [-0.2, 0) is 0 Å². The molecule has 0 radical (unpaired) electrons. The van der Waals surface area contributed by atoms with Crippen molar-refractivity contribution in [3.63, 3.8) is 0 Å². The summed E-state index contributed by atoms with van der Waals surface area (Å²) >= 11 is 0. The third-order valence-electron chi connectivity index (χ3n) is 1.80. The van der Waals surface area contributed by atoms with E-state index >= 15 is 0 Å². The summed E-state index contributed by atoms with van der Waals surface area (Å²) in [5.74, 6) is 0.750. The highest BCUT2D eigenvalue weighted by molar-refractivity contribution is 5.46. The highest BCUT2D eigenvalue weighted by Gasteiger charge is 2.25. The van der Waals surface area contributed by atoms with Crippen LogP contribution in [0.15, 0.2) is 12.3 Å². The van der Waals surface area contributed by atoms with Crippen LogP contribution in [-0.4, -0.2) is 4.98 Å². The fourth-order valence-corrected chi connectivity index (χ4v) is 1.12. The van der Waals surface area contributed by atoms with E-state index in [1.54, 1.807) is 0 Å². The summed E-state index contributed by atoms with van der Waals surface area (Å²) in [4.78, 5) is 3.14. The molecule has 2 heteroatoms. The quantitative estimate of drug-likeness (QED) is 0.582. The molecule has 2 nitrogen and oxygen atoms in total. The summed E-state index contributed by atoms with van der Waals surface area (Å²) in [7, 11) is 0. The number of nitrogens with two attached hydrogens (primary N) is 1. The molecule has 1 saturated carbocycles. The zero-order chi connectivity index (χ0) is 6.27. The van der Waals surface area contributed by atoms with Crippen LogP contribution in [0.2, 0.25) is 0 Å². The van der Waals surface area contributed by atoms with Gasteiger partial charge in [-0.05, 0) is 18.9 Å². The molecule has 1 fully saturated rings. The fourth-order valence-electron chi connectivity index (χ4n) is 1.12. The second-order valence-electron chi connectivity index (χ2n) is 2.62. The van der Waals surface area contributed by atoms with Crippen molar-refractivity contribution in [3.8, 4) is 0 Å². The minimum Gasteiger partial charge on any atom is -0.397 e. The zero-order valence-corrected chi connectivity index (χ0v) is 5.22. The van der Waals surface area contributed by atoms with E-state index in [2.05, 4.69) is 4.98 Å². The number of rotatable bonds is 1. The maximum absolute atomic E-state index is 5.65. The van der Waals surface area contributed by atoms with Gasteiger partial charge in [0.25, 0.3) is 0 Å². The lowest BCUT2D eigenvalue weighted by Gasteiger charge is -1.92. The maximum atomic E-state index is 5.65. The topological polar surface area (TPSA) is 41.8 Å². The average molecular weight is 122 g/mol. The Labute approximate surface area is 54.1 Å². The van der Waals surface area contributed by atoms with E-state index < -0.39 is 0 Å². The Hall–Kier alpha value is -0.920. The Morgan fingerprint density at radius 1 is 1.56 bits per heavy atom. The Morgan fingerprint density at radius 2 is 2.33 bits per heavy atom. The molecule has 1 aromatic rings. The van der Waals surface area contributed by atoms with Crippen molar-refractivity contribution in [2.45, 2.75) is 18.8 Å². The van der Waals surface area contributed by atoms with Gasteiger partial charge in [-0.1, -0.05) is 0 Å². The van der Waals surface area contributed by atoms with Gasteiger partial charge in [0.05, 0.1) is 5.69 Å². The van der Waals surface area contributed by atoms with Crippen molar-refractivity contribution in [1.82, 2.24) is 4.98 Å². The molecule has 1 aromatic heterocycles. The number of hydrogen-bond donors (Lipinski definition) is 2. The minimum atomic E-state index is 0.750. The molecule has 1 heterocycles. The van der Waals surface area contributed by atoms with Crippen LogP contribution in [0.4, 0.5) is 5.69 Å². The molecule has 0 spiro atoms. The highest BCUT2D eigenvalue weighted by atomic mass is 14.8. The molecule has 0 aromatic carbocycles. The van der Waals surface area contributed by atoms with Crippen molar-refractivity contribution in [3.05, 3.63) is 18.0 Å². The van der Waals surface area contributed by atoms with Gasteiger partial charge >= 0.3 is 0 Å². The Morgan fingerprint density at radius 3 is 2.78 bits per heavy atom. The van der Waals surface area contributed by atoms with Gasteiger partial charge < -0.3 is 10.7 Å². The van der Waals surface area contributed by atoms with Gasteiger partial charge in [0, 0.05) is 17.8 Å². The van der Waals surface area contributed by atoms with Crippen molar-refractivity contribution >= 4 is 5.69 Å². The van der Waals surface area contributed by atoms with Gasteiger partial charge in [-0.2, -0.15) is 0 Å². The molecule has 1 aliphatic rings. The van der Waals surface area contributed by atoms with Crippen LogP contribution in [0.3, 0.4) is 0 Å². The molecule has 9 heavy (non-hydrogen) atoms. The van der Waals surface area contributed by atoms with Crippen LogP contribution < -0.4 is 5.73 Å². The standard InChI is InChI=1S/C7H10N2/c8-6-3-4-9-7(6)5-1-2-5/h3-5,9H,1-2,8H2. The van der Waals surface area contributed by atoms with Crippen LogP contribution in [0.1, 0.15) is 24.5 Å². The third-order valence-corrected chi connectivity index (χ3v) is 1.80. The summed E-state index contributed by atoms with van der Waals surface area (Å²) in [5.41, 5.74) is 7.82. The number of aromatic amines is 1. The Balaban J connectivity index is 2.35. The number of aromatic nitrogens is 1. The van der Waals surface area contributed by atoms with Gasteiger partial charge in [-0.25, -0.2) is 0 Å². The first-order valence-corrected chi connectivity index (χ1v) is 3.30. The average Bonchev–Trinajstić information content (AvgIpc) is 2.58. The lowest BCUT2D eigenvalue weighted by atomic mass is 10.3. The Kier molecular flexibility index (Phi) is 0.835. The van der Waals surface area contributed by atoms with E-state index in [4.69, 9.17) is 5.73 Å². The Bertz CT molecular complexity index is 210. The van der Waals surface area contributed by atoms with Gasteiger partial charge in [-0.15, -0.1) is 0 Å². The lowest BCUT2D eigenvalue weighted by Crippen LogP contribution is -1.87. The molecule has 2 rings (SSSR count). The van der Waals surface area contributed by atoms with Gasteiger partial charge in [0.2, 0.25) is 0 Å². The third kappa shape index (κ3) is 0.707. The lowest BCUT2D eigenvalue weighted by molar-refractivity contribution is 1.05. The first-order chi connectivity index (χ1) is 4.38. The molecule has 3 N–H and O–H groups in total. The highest BCUT2D eigenvalue weighted by Crippen LogP contribution is 2.41. The first kappa shape index (κ1) is 4.91. The van der Waals surface area contributed by atoms with Crippen LogP contribution in [0.25, 0.3) is 0 Å². The van der Waals surface area contributed by atoms with Gasteiger partial charge in [0.1, 0.15) is 0 Å². The minimum absolute atomic E-state index is 0.750. The number of nitrogen functional groups attached to an aromatic ring is 1. The predicted octanol–water partition coefficient (Wildman–Crippen LogP) is 1.47. The SMILES string of the molecule is Nc1cc[nH]c1C1CC1. The molecular formula is C7H10N2. The molecule has 0 unspecified atom stereocenters. The molecule has 0 atom stereocenters. The van der Waals surface area contributed by atoms with E-state index in [0.717, 1.165) is 11.6 Å². The molecule has 0 amide bonds. The summed E-state index contributed by atoms with van der Waals surface area (Å²) < 4.78 is 0. The normalized spacial score (nSPS) is 18.2.